The Morgan fingerprint density at radius 2 is 1.70 bits per heavy atom. The summed E-state index contributed by atoms with van der Waals surface area (Å²) >= 11 is 3.51. The van der Waals surface area contributed by atoms with Crippen molar-refractivity contribution in [3.63, 3.8) is 0 Å². The van der Waals surface area contributed by atoms with Crippen LogP contribution in [0.15, 0.2) is 40.9 Å². The molecule has 0 aliphatic carbocycles. The van der Waals surface area contributed by atoms with Crippen LogP contribution in [0.3, 0.4) is 0 Å². The van der Waals surface area contributed by atoms with Crippen molar-refractivity contribution in [1.82, 2.24) is 0 Å². The van der Waals surface area contributed by atoms with Gasteiger partial charge in [0.1, 0.15) is 12.4 Å². The molecule has 4 heteroatoms. The minimum absolute atomic E-state index is 0.474. The summed E-state index contributed by atoms with van der Waals surface area (Å²) < 4.78 is 17.2. The van der Waals surface area contributed by atoms with Crippen LogP contribution in [0.2, 0.25) is 0 Å². The third-order valence-corrected chi connectivity index (χ3v) is 3.51. The number of hydrogen-bond donors (Lipinski definition) is 0. The van der Waals surface area contributed by atoms with Crippen LogP contribution in [-0.4, -0.2) is 14.2 Å². The summed E-state index contributed by atoms with van der Waals surface area (Å²) in [6.45, 7) is 2.49. The molecule has 3 nitrogen and oxygen atoms in total. The molecule has 106 valence electrons. The summed E-state index contributed by atoms with van der Waals surface area (Å²) in [5.41, 5.74) is 2.19. The molecule has 0 bridgehead atoms. The molecule has 2 aromatic rings. The number of rotatable bonds is 5. The van der Waals surface area contributed by atoms with Crippen LogP contribution in [0.5, 0.6) is 17.2 Å². The molecule has 0 saturated heterocycles. The fourth-order valence-electron chi connectivity index (χ4n) is 1.87. The lowest BCUT2D eigenvalue weighted by molar-refractivity contribution is 0.282. The Hall–Kier alpha value is -1.68. The lowest BCUT2D eigenvalue weighted by Crippen LogP contribution is -1.99. The molecule has 0 radical (unpaired) electrons. The Balaban J connectivity index is 2.13. The van der Waals surface area contributed by atoms with Crippen LogP contribution in [0.1, 0.15) is 11.1 Å². The van der Waals surface area contributed by atoms with Crippen molar-refractivity contribution < 1.29 is 14.2 Å². The summed E-state index contributed by atoms with van der Waals surface area (Å²) in [5.74, 6) is 2.28. The zero-order chi connectivity index (χ0) is 14.5. The molecule has 0 saturated carbocycles. The third-order valence-electron chi connectivity index (χ3n) is 2.92. The van der Waals surface area contributed by atoms with Gasteiger partial charge < -0.3 is 14.2 Å². The highest BCUT2D eigenvalue weighted by atomic mass is 79.9. The molecule has 0 heterocycles. The van der Waals surface area contributed by atoms with E-state index in [4.69, 9.17) is 14.2 Å². The Labute approximate surface area is 127 Å². The average Bonchev–Trinajstić information content (AvgIpc) is 2.46. The monoisotopic (exact) mass is 336 g/mol. The Morgan fingerprint density at radius 1 is 1.00 bits per heavy atom. The van der Waals surface area contributed by atoms with Crippen molar-refractivity contribution in [2.75, 3.05) is 14.2 Å². The van der Waals surface area contributed by atoms with Crippen molar-refractivity contribution in [3.8, 4) is 17.2 Å². The molecule has 0 aliphatic rings. The summed E-state index contributed by atoms with van der Waals surface area (Å²) in [7, 11) is 3.29. The summed E-state index contributed by atoms with van der Waals surface area (Å²) in [5, 5.41) is 0. The predicted molar refractivity (Wildman–Crippen MR) is 82.8 cm³/mol. The van der Waals surface area contributed by atoms with Gasteiger partial charge >= 0.3 is 0 Å². The number of ether oxygens (including phenoxy) is 3. The second-order valence-corrected chi connectivity index (χ2v) is 5.27. The number of hydrogen-bond acceptors (Lipinski definition) is 3. The first kappa shape index (κ1) is 14.7. The molecule has 20 heavy (non-hydrogen) atoms. The number of halogens is 1. The van der Waals surface area contributed by atoms with Crippen LogP contribution in [0, 0.1) is 6.92 Å². The minimum Gasteiger partial charge on any atom is -0.497 e. The van der Waals surface area contributed by atoms with Gasteiger partial charge in [-0.25, -0.2) is 0 Å². The normalized spacial score (nSPS) is 10.2. The van der Waals surface area contributed by atoms with Crippen LogP contribution < -0.4 is 14.2 Å². The quantitative estimate of drug-likeness (QED) is 0.812. The summed E-state index contributed by atoms with van der Waals surface area (Å²) in [6.07, 6.45) is 0. The van der Waals surface area contributed by atoms with Crippen molar-refractivity contribution in [2.24, 2.45) is 0 Å². The second kappa shape index (κ2) is 6.66. The zero-order valence-electron chi connectivity index (χ0n) is 11.8. The van der Waals surface area contributed by atoms with E-state index in [0.29, 0.717) is 12.4 Å². The van der Waals surface area contributed by atoms with E-state index in [2.05, 4.69) is 15.9 Å². The van der Waals surface area contributed by atoms with Gasteiger partial charge in [0.2, 0.25) is 0 Å². The molecule has 0 fully saturated rings. The van der Waals surface area contributed by atoms with Crippen molar-refractivity contribution in [1.29, 1.82) is 0 Å². The van der Waals surface area contributed by atoms with Gasteiger partial charge in [0.25, 0.3) is 0 Å². The third kappa shape index (κ3) is 3.45. The molecule has 0 spiro atoms. The average molecular weight is 337 g/mol. The van der Waals surface area contributed by atoms with E-state index in [1.165, 1.54) is 0 Å². The molecule has 2 rings (SSSR count). The molecule has 0 aliphatic heterocycles. The van der Waals surface area contributed by atoms with Crippen LogP contribution in [0.4, 0.5) is 0 Å². The molecule has 0 N–H and O–H groups in total. The van der Waals surface area contributed by atoms with Crippen molar-refractivity contribution in [2.45, 2.75) is 13.5 Å². The topological polar surface area (TPSA) is 27.7 Å². The maximum atomic E-state index is 5.86. The second-order valence-electron chi connectivity index (χ2n) is 4.41. The van der Waals surface area contributed by atoms with E-state index < -0.39 is 0 Å². The molecule has 0 aromatic heterocycles. The van der Waals surface area contributed by atoms with Gasteiger partial charge in [-0.2, -0.15) is 0 Å². The number of benzene rings is 2. The molecule has 2 aromatic carbocycles. The van der Waals surface area contributed by atoms with Gasteiger partial charge in [-0.3, -0.25) is 0 Å². The highest BCUT2D eigenvalue weighted by Crippen LogP contribution is 2.36. The molecular weight excluding hydrogens is 320 g/mol. The largest absolute Gasteiger partial charge is 0.497 e. The summed E-state index contributed by atoms with van der Waals surface area (Å²) in [4.78, 5) is 0. The van der Waals surface area contributed by atoms with Gasteiger partial charge in [-0.15, -0.1) is 0 Å². The predicted octanol–water partition coefficient (Wildman–Crippen LogP) is 4.35. The maximum absolute atomic E-state index is 5.86. The summed E-state index contributed by atoms with van der Waals surface area (Å²) in [6, 6.07) is 11.8. The minimum atomic E-state index is 0.474. The van der Waals surface area contributed by atoms with Crippen LogP contribution in [-0.2, 0) is 6.61 Å². The Morgan fingerprint density at radius 3 is 2.30 bits per heavy atom. The van der Waals surface area contributed by atoms with E-state index in [1.54, 1.807) is 14.2 Å². The first-order valence-electron chi connectivity index (χ1n) is 6.24. The standard InChI is InChI=1S/C16H17BrO3/c1-11-8-14(17)16(15(9-11)19-3)20-10-12-4-6-13(18-2)7-5-12/h4-9H,10H2,1-3H3. The Bertz CT molecular complexity index is 579. The van der Waals surface area contributed by atoms with E-state index in [0.717, 1.165) is 27.1 Å². The smallest absolute Gasteiger partial charge is 0.175 e. The lowest BCUT2D eigenvalue weighted by atomic mass is 10.2. The molecule has 0 unspecified atom stereocenters. The first-order chi connectivity index (χ1) is 9.63. The highest BCUT2D eigenvalue weighted by molar-refractivity contribution is 9.10. The van der Waals surface area contributed by atoms with Gasteiger partial charge in [0.15, 0.2) is 11.5 Å². The number of aryl methyl sites for hydroxylation is 1. The molecule has 0 amide bonds. The molecule has 0 atom stereocenters. The van der Waals surface area contributed by atoms with E-state index in [-0.39, 0.29) is 0 Å². The van der Waals surface area contributed by atoms with E-state index >= 15 is 0 Å². The molecular formula is C16H17BrO3. The first-order valence-corrected chi connectivity index (χ1v) is 7.03. The van der Waals surface area contributed by atoms with Gasteiger partial charge in [-0.1, -0.05) is 12.1 Å². The van der Waals surface area contributed by atoms with Crippen molar-refractivity contribution >= 4 is 15.9 Å². The fraction of sp³-hybridized carbons (Fsp3) is 0.250. The Kier molecular flexibility index (Phi) is 4.90. The van der Waals surface area contributed by atoms with E-state index in [1.807, 2.05) is 43.3 Å². The SMILES string of the molecule is COc1ccc(COc2c(Br)cc(C)cc2OC)cc1. The number of methoxy groups -OCH3 is 2. The van der Waals surface area contributed by atoms with Gasteiger partial charge in [-0.05, 0) is 58.2 Å². The lowest BCUT2D eigenvalue weighted by Gasteiger charge is -2.13. The van der Waals surface area contributed by atoms with Gasteiger partial charge in [0, 0.05) is 0 Å². The zero-order valence-corrected chi connectivity index (χ0v) is 13.4. The maximum Gasteiger partial charge on any atom is 0.175 e. The van der Waals surface area contributed by atoms with Crippen molar-refractivity contribution in [3.05, 3.63) is 52.0 Å². The van der Waals surface area contributed by atoms with Crippen LogP contribution in [0.25, 0.3) is 0 Å². The fourth-order valence-corrected chi connectivity index (χ4v) is 2.54. The van der Waals surface area contributed by atoms with E-state index in [9.17, 15) is 0 Å². The van der Waals surface area contributed by atoms with Gasteiger partial charge in [0.05, 0.1) is 18.7 Å². The highest BCUT2D eigenvalue weighted by Gasteiger charge is 2.10. The van der Waals surface area contributed by atoms with Crippen LogP contribution >= 0.6 is 15.9 Å².